The summed E-state index contributed by atoms with van der Waals surface area (Å²) >= 11 is 6.05. The third-order valence-electron chi connectivity index (χ3n) is 2.58. The molecule has 0 aliphatic carbocycles. The molecule has 0 bridgehead atoms. The second-order valence-corrected chi connectivity index (χ2v) is 4.24. The second-order valence-electron chi connectivity index (χ2n) is 3.88. The third kappa shape index (κ3) is 3.31. The van der Waals surface area contributed by atoms with E-state index in [-0.39, 0.29) is 0 Å². The lowest BCUT2D eigenvalue weighted by molar-refractivity contribution is 0.0759. The maximum Gasteiger partial charge on any atom is 0.255 e. The number of hydrogen-bond acceptors (Lipinski definition) is 6. The molecule has 0 spiro atoms. The number of rotatable bonds is 7. The summed E-state index contributed by atoms with van der Waals surface area (Å²) < 4.78 is 11.9. The molecule has 0 aliphatic heterocycles. The van der Waals surface area contributed by atoms with Gasteiger partial charge in [-0.2, -0.15) is 19.6 Å². The lowest BCUT2D eigenvalue weighted by Gasteiger charge is -2.11. The Kier molecular flexibility index (Phi) is 4.89. The Hall–Kier alpha value is -1.44. The van der Waals surface area contributed by atoms with E-state index >= 15 is 0 Å². The Balaban J connectivity index is 1.99. The number of hydrogen-bond donors (Lipinski definition) is 1. The first-order valence-corrected chi connectivity index (χ1v) is 6.28. The molecule has 2 heterocycles. The van der Waals surface area contributed by atoms with Crippen LogP contribution in [0.25, 0.3) is 5.78 Å². The van der Waals surface area contributed by atoms with Crippen molar-refractivity contribution < 1.29 is 9.47 Å². The Morgan fingerprint density at radius 2 is 2.21 bits per heavy atom. The van der Waals surface area contributed by atoms with Crippen molar-refractivity contribution in [3.05, 3.63) is 17.0 Å². The van der Waals surface area contributed by atoms with Crippen molar-refractivity contribution in [3.8, 4) is 0 Å². The predicted molar refractivity (Wildman–Crippen MR) is 71.7 cm³/mol. The van der Waals surface area contributed by atoms with E-state index in [4.69, 9.17) is 21.1 Å². The molecular formula is C11H16ClN5O2. The number of methoxy groups -OCH3 is 1. The molecule has 0 aromatic carbocycles. The topological polar surface area (TPSA) is 73.6 Å². The van der Waals surface area contributed by atoms with Crippen LogP contribution in [0, 0.1) is 6.92 Å². The van der Waals surface area contributed by atoms with E-state index in [1.54, 1.807) is 11.6 Å². The summed E-state index contributed by atoms with van der Waals surface area (Å²) in [5.74, 6) is 1.25. The van der Waals surface area contributed by atoms with Crippen molar-refractivity contribution in [3.63, 3.8) is 0 Å². The van der Waals surface area contributed by atoms with E-state index in [1.807, 2.05) is 6.92 Å². The van der Waals surface area contributed by atoms with E-state index in [0.29, 0.717) is 37.3 Å². The van der Waals surface area contributed by atoms with Gasteiger partial charge in [0.1, 0.15) is 17.3 Å². The molecule has 0 unspecified atom stereocenters. The Morgan fingerprint density at radius 1 is 1.37 bits per heavy atom. The molecule has 104 valence electrons. The summed E-state index contributed by atoms with van der Waals surface area (Å²) in [5.41, 5.74) is 0.830. The van der Waals surface area contributed by atoms with Crippen LogP contribution in [0.3, 0.4) is 0 Å². The highest BCUT2D eigenvalue weighted by atomic mass is 35.5. The number of nitrogens with one attached hydrogen (secondary N) is 1. The molecule has 2 aromatic heterocycles. The van der Waals surface area contributed by atoms with Gasteiger partial charge in [-0.1, -0.05) is 11.6 Å². The zero-order chi connectivity index (χ0) is 13.7. The molecule has 8 heteroatoms. The van der Waals surface area contributed by atoms with E-state index in [0.717, 1.165) is 11.4 Å². The van der Waals surface area contributed by atoms with Gasteiger partial charge in [0.2, 0.25) is 0 Å². The molecule has 0 fully saturated rings. The van der Waals surface area contributed by atoms with Crippen molar-refractivity contribution in [2.45, 2.75) is 6.92 Å². The lowest BCUT2D eigenvalue weighted by Crippen LogP contribution is -2.15. The summed E-state index contributed by atoms with van der Waals surface area (Å²) in [4.78, 5) is 8.15. The number of nitrogens with zero attached hydrogens (tertiary/aromatic N) is 4. The highest BCUT2D eigenvalue weighted by Crippen LogP contribution is 2.21. The van der Waals surface area contributed by atoms with Crippen LogP contribution in [0.2, 0.25) is 5.15 Å². The fourth-order valence-corrected chi connectivity index (χ4v) is 1.76. The zero-order valence-corrected chi connectivity index (χ0v) is 11.6. The summed E-state index contributed by atoms with van der Waals surface area (Å²) in [5, 5.41) is 7.76. The van der Waals surface area contributed by atoms with Crippen LogP contribution in [0.15, 0.2) is 6.33 Å². The van der Waals surface area contributed by atoms with Crippen molar-refractivity contribution in [1.82, 2.24) is 19.6 Å². The van der Waals surface area contributed by atoms with Crippen molar-refractivity contribution in [2.24, 2.45) is 0 Å². The fraction of sp³-hybridized carbons (Fsp3) is 0.545. The van der Waals surface area contributed by atoms with Crippen LogP contribution in [-0.2, 0) is 9.47 Å². The summed E-state index contributed by atoms with van der Waals surface area (Å²) in [7, 11) is 1.64. The molecular weight excluding hydrogens is 270 g/mol. The predicted octanol–water partition coefficient (Wildman–Crippen LogP) is 1.16. The fourth-order valence-electron chi connectivity index (χ4n) is 1.59. The van der Waals surface area contributed by atoms with Gasteiger partial charge in [0, 0.05) is 19.2 Å². The SMILES string of the molecule is COCCOCCNc1c(C)c(Cl)nc2ncnn12. The number of halogens is 1. The molecule has 0 saturated heterocycles. The Labute approximate surface area is 115 Å². The standard InChI is InChI=1S/C11H16ClN5O2/c1-8-9(12)16-11-14-7-15-17(11)10(8)13-3-4-19-6-5-18-2/h7,13H,3-6H2,1-2H3. The monoisotopic (exact) mass is 285 g/mol. The van der Waals surface area contributed by atoms with E-state index in [1.165, 1.54) is 6.33 Å². The molecule has 19 heavy (non-hydrogen) atoms. The van der Waals surface area contributed by atoms with Gasteiger partial charge in [0.05, 0.1) is 19.8 Å². The quantitative estimate of drug-likeness (QED) is 0.608. The molecule has 2 rings (SSSR count). The maximum atomic E-state index is 6.05. The second kappa shape index (κ2) is 6.65. The number of fused-ring (bicyclic) bond motifs is 1. The number of anilines is 1. The molecule has 7 nitrogen and oxygen atoms in total. The van der Waals surface area contributed by atoms with Gasteiger partial charge < -0.3 is 14.8 Å². The Bertz CT molecular complexity index is 545. The van der Waals surface area contributed by atoms with Crippen LogP contribution in [0.5, 0.6) is 0 Å². The smallest absolute Gasteiger partial charge is 0.255 e. The number of aromatic nitrogens is 4. The van der Waals surface area contributed by atoms with Crippen LogP contribution < -0.4 is 5.32 Å². The number of ether oxygens (including phenoxy) is 2. The molecule has 0 radical (unpaired) electrons. The largest absolute Gasteiger partial charge is 0.382 e. The normalized spacial score (nSPS) is 11.1. The first-order chi connectivity index (χ1) is 9.24. The highest BCUT2D eigenvalue weighted by molar-refractivity contribution is 6.30. The van der Waals surface area contributed by atoms with Gasteiger partial charge in [-0.25, -0.2) is 0 Å². The van der Waals surface area contributed by atoms with Crippen LogP contribution in [-0.4, -0.2) is 53.1 Å². The maximum absolute atomic E-state index is 6.05. The molecule has 1 N–H and O–H groups in total. The van der Waals surface area contributed by atoms with Crippen LogP contribution in [0.1, 0.15) is 5.56 Å². The molecule has 0 atom stereocenters. The lowest BCUT2D eigenvalue weighted by atomic mass is 10.3. The average molecular weight is 286 g/mol. The van der Waals surface area contributed by atoms with Crippen molar-refractivity contribution in [1.29, 1.82) is 0 Å². The zero-order valence-electron chi connectivity index (χ0n) is 10.9. The van der Waals surface area contributed by atoms with Crippen molar-refractivity contribution >= 4 is 23.2 Å². The summed E-state index contributed by atoms with van der Waals surface area (Å²) in [6.07, 6.45) is 1.44. The first kappa shape index (κ1) is 14.0. The summed E-state index contributed by atoms with van der Waals surface area (Å²) in [6, 6.07) is 0. The van der Waals surface area contributed by atoms with Crippen LogP contribution >= 0.6 is 11.6 Å². The van der Waals surface area contributed by atoms with Gasteiger partial charge >= 0.3 is 0 Å². The molecule has 0 saturated carbocycles. The molecule has 0 aliphatic rings. The van der Waals surface area contributed by atoms with Crippen LogP contribution in [0.4, 0.5) is 5.82 Å². The average Bonchev–Trinajstić information content (AvgIpc) is 2.85. The highest BCUT2D eigenvalue weighted by Gasteiger charge is 2.11. The minimum atomic E-state index is 0.420. The van der Waals surface area contributed by atoms with Crippen molar-refractivity contribution in [2.75, 3.05) is 38.8 Å². The minimum Gasteiger partial charge on any atom is -0.382 e. The van der Waals surface area contributed by atoms with Gasteiger partial charge in [0.25, 0.3) is 5.78 Å². The van der Waals surface area contributed by atoms with Gasteiger partial charge in [-0.3, -0.25) is 0 Å². The van der Waals surface area contributed by atoms with E-state index in [9.17, 15) is 0 Å². The summed E-state index contributed by atoms with van der Waals surface area (Å²) in [6.45, 7) is 4.25. The third-order valence-corrected chi connectivity index (χ3v) is 2.94. The van der Waals surface area contributed by atoms with E-state index in [2.05, 4.69) is 20.4 Å². The van der Waals surface area contributed by atoms with Gasteiger partial charge in [-0.15, -0.1) is 0 Å². The molecule has 0 amide bonds. The van der Waals surface area contributed by atoms with E-state index < -0.39 is 0 Å². The van der Waals surface area contributed by atoms with Gasteiger partial charge in [-0.05, 0) is 6.92 Å². The van der Waals surface area contributed by atoms with Gasteiger partial charge in [0.15, 0.2) is 0 Å². The minimum absolute atomic E-state index is 0.420. The molecule has 2 aromatic rings. The first-order valence-electron chi connectivity index (χ1n) is 5.90. The Morgan fingerprint density at radius 3 is 3.00 bits per heavy atom.